The molecular weight excluding hydrogens is 192 g/mol. The average molecular weight is 212 g/mol. The van der Waals surface area contributed by atoms with Crippen LogP contribution >= 0.6 is 0 Å². The average Bonchev–Trinajstić information content (AvgIpc) is 2.59. The zero-order valence-corrected chi connectivity index (χ0v) is 9.53. The van der Waals surface area contributed by atoms with Crippen LogP contribution in [0.5, 0.6) is 0 Å². The number of nitrogens with zero attached hydrogens (tertiary/aromatic N) is 1. The first-order valence-electron chi connectivity index (χ1n) is 5.84. The molecule has 0 spiro atoms. The summed E-state index contributed by atoms with van der Waals surface area (Å²) in [4.78, 5) is 13.7. The van der Waals surface area contributed by atoms with Gasteiger partial charge in [0.25, 0.3) is 0 Å². The van der Waals surface area contributed by atoms with Gasteiger partial charge in [-0.3, -0.25) is 4.79 Å². The molecule has 2 aliphatic heterocycles. The van der Waals surface area contributed by atoms with Crippen LogP contribution in [0, 0.1) is 0 Å². The number of rotatable bonds is 2. The maximum Gasteiger partial charge on any atom is 0.239 e. The third kappa shape index (κ3) is 2.49. The van der Waals surface area contributed by atoms with Crippen molar-refractivity contribution in [3.8, 4) is 0 Å². The molecular formula is C11H20N2O2. The molecule has 86 valence electrons. The molecule has 2 heterocycles. The smallest absolute Gasteiger partial charge is 0.239 e. The molecule has 0 radical (unpaired) electrons. The Labute approximate surface area is 91.0 Å². The van der Waals surface area contributed by atoms with E-state index in [9.17, 15) is 4.79 Å². The third-order valence-electron chi connectivity index (χ3n) is 3.26. The fraction of sp³-hybridized carbons (Fsp3) is 0.909. The van der Waals surface area contributed by atoms with Crippen LogP contribution in [0.4, 0.5) is 0 Å². The highest BCUT2D eigenvalue weighted by molar-refractivity contribution is 5.82. The molecule has 0 aliphatic carbocycles. The molecule has 2 aliphatic rings. The minimum atomic E-state index is -0.0300. The largest absolute Gasteiger partial charge is 0.373 e. The number of nitrogens with one attached hydrogen (secondary N) is 1. The zero-order valence-electron chi connectivity index (χ0n) is 9.53. The monoisotopic (exact) mass is 212 g/mol. The number of ether oxygens (including phenoxy) is 1. The Kier molecular flexibility index (Phi) is 3.26. The van der Waals surface area contributed by atoms with E-state index in [1.807, 2.05) is 11.8 Å². The van der Waals surface area contributed by atoms with Gasteiger partial charge in [0.2, 0.25) is 5.91 Å². The van der Waals surface area contributed by atoms with Gasteiger partial charge in [-0.2, -0.15) is 0 Å². The van der Waals surface area contributed by atoms with Gasteiger partial charge in [-0.1, -0.05) is 0 Å². The van der Waals surface area contributed by atoms with E-state index in [2.05, 4.69) is 12.2 Å². The lowest BCUT2D eigenvalue weighted by Gasteiger charge is -2.33. The lowest BCUT2D eigenvalue weighted by Crippen LogP contribution is -2.55. The van der Waals surface area contributed by atoms with Crippen molar-refractivity contribution in [1.82, 2.24) is 10.2 Å². The van der Waals surface area contributed by atoms with Crippen molar-refractivity contribution in [3.05, 3.63) is 0 Å². The van der Waals surface area contributed by atoms with Crippen LogP contribution < -0.4 is 5.32 Å². The number of hydrogen-bond donors (Lipinski definition) is 1. The number of carbonyl (C=O) groups excluding carboxylic acids is 1. The van der Waals surface area contributed by atoms with Crippen LogP contribution in [0.3, 0.4) is 0 Å². The van der Waals surface area contributed by atoms with Gasteiger partial charge in [-0.25, -0.2) is 0 Å². The molecule has 2 rings (SSSR count). The molecule has 0 aromatic rings. The van der Waals surface area contributed by atoms with E-state index in [0.29, 0.717) is 6.10 Å². The molecule has 2 fully saturated rings. The maximum atomic E-state index is 11.8. The van der Waals surface area contributed by atoms with Crippen molar-refractivity contribution in [2.75, 3.05) is 19.6 Å². The third-order valence-corrected chi connectivity index (χ3v) is 3.26. The van der Waals surface area contributed by atoms with Gasteiger partial charge in [-0.05, 0) is 26.7 Å². The summed E-state index contributed by atoms with van der Waals surface area (Å²) < 4.78 is 5.73. The summed E-state index contributed by atoms with van der Waals surface area (Å²) in [6.45, 7) is 6.51. The lowest BCUT2D eigenvalue weighted by molar-refractivity contribution is -0.137. The van der Waals surface area contributed by atoms with Gasteiger partial charge < -0.3 is 15.0 Å². The van der Waals surface area contributed by atoms with Crippen LogP contribution in [0.25, 0.3) is 0 Å². The molecule has 15 heavy (non-hydrogen) atoms. The summed E-state index contributed by atoms with van der Waals surface area (Å²) in [6.07, 6.45) is 2.84. The molecule has 0 saturated carbocycles. The molecule has 3 unspecified atom stereocenters. The van der Waals surface area contributed by atoms with Crippen LogP contribution in [-0.4, -0.2) is 48.7 Å². The Morgan fingerprint density at radius 1 is 1.47 bits per heavy atom. The van der Waals surface area contributed by atoms with Crippen molar-refractivity contribution in [3.63, 3.8) is 0 Å². The van der Waals surface area contributed by atoms with E-state index in [-0.39, 0.29) is 18.1 Å². The van der Waals surface area contributed by atoms with Crippen LogP contribution in [0.2, 0.25) is 0 Å². The fourth-order valence-electron chi connectivity index (χ4n) is 2.33. The van der Waals surface area contributed by atoms with Gasteiger partial charge in [0.15, 0.2) is 0 Å². The fourth-order valence-corrected chi connectivity index (χ4v) is 2.33. The predicted molar refractivity (Wildman–Crippen MR) is 57.6 cm³/mol. The standard InChI is InChI=1S/C11H20N2O2/c1-8-3-4-10(15-8)7-13-6-5-12-9(2)11(13)14/h8-10,12H,3-7H2,1-2H3. The topological polar surface area (TPSA) is 41.6 Å². The van der Waals surface area contributed by atoms with Crippen molar-refractivity contribution in [2.45, 2.75) is 44.9 Å². The van der Waals surface area contributed by atoms with E-state index in [0.717, 1.165) is 32.5 Å². The highest BCUT2D eigenvalue weighted by Gasteiger charge is 2.29. The van der Waals surface area contributed by atoms with Gasteiger partial charge >= 0.3 is 0 Å². The van der Waals surface area contributed by atoms with Crippen molar-refractivity contribution in [1.29, 1.82) is 0 Å². The van der Waals surface area contributed by atoms with E-state index in [1.54, 1.807) is 0 Å². The molecule has 3 atom stereocenters. The molecule has 4 nitrogen and oxygen atoms in total. The predicted octanol–water partition coefficient (Wildman–Crippen LogP) is 0.374. The summed E-state index contributed by atoms with van der Waals surface area (Å²) >= 11 is 0. The Morgan fingerprint density at radius 2 is 2.27 bits per heavy atom. The lowest BCUT2D eigenvalue weighted by atomic mass is 10.1. The summed E-state index contributed by atoms with van der Waals surface area (Å²) in [6, 6.07) is -0.0300. The molecule has 1 N–H and O–H groups in total. The maximum absolute atomic E-state index is 11.8. The van der Waals surface area contributed by atoms with Crippen LogP contribution in [0.15, 0.2) is 0 Å². The Hall–Kier alpha value is -0.610. The first-order valence-corrected chi connectivity index (χ1v) is 5.84. The number of hydrogen-bond acceptors (Lipinski definition) is 3. The minimum absolute atomic E-state index is 0.0300. The molecule has 1 amide bonds. The Balaban J connectivity index is 1.85. The van der Waals surface area contributed by atoms with Crippen molar-refractivity contribution < 1.29 is 9.53 Å². The quantitative estimate of drug-likeness (QED) is 0.719. The Bertz CT molecular complexity index is 245. The summed E-state index contributed by atoms with van der Waals surface area (Å²) in [7, 11) is 0. The number of amides is 1. The van der Waals surface area contributed by atoms with Gasteiger partial charge in [0, 0.05) is 19.6 Å². The van der Waals surface area contributed by atoms with Gasteiger partial charge in [-0.15, -0.1) is 0 Å². The van der Waals surface area contributed by atoms with Crippen molar-refractivity contribution >= 4 is 5.91 Å². The second-order valence-electron chi connectivity index (χ2n) is 4.61. The number of carbonyl (C=O) groups is 1. The number of piperazine rings is 1. The van der Waals surface area contributed by atoms with Gasteiger partial charge in [0.05, 0.1) is 18.2 Å². The van der Waals surface area contributed by atoms with E-state index in [1.165, 1.54) is 0 Å². The van der Waals surface area contributed by atoms with Gasteiger partial charge in [0.1, 0.15) is 0 Å². The minimum Gasteiger partial charge on any atom is -0.373 e. The second kappa shape index (κ2) is 4.49. The summed E-state index contributed by atoms with van der Waals surface area (Å²) in [5.41, 5.74) is 0. The molecule has 0 aromatic heterocycles. The molecule has 0 bridgehead atoms. The van der Waals surface area contributed by atoms with Crippen molar-refractivity contribution in [2.24, 2.45) is 0 Å². The normalized spacial score (nSPS) is 37.3. The zero-order chi connectivity index (χ0) is 10.8. The van der Waals surface area contributed by atoms with E-state index in [4.69, 9.17) is 4.74 Å². The Morgan fingerprint density at radius 3 is 2.93 bits per heavy atom. The highest BCUT2D eigenvalue weighted by Crippen LogP contribution is 2.20. The summed E-state index contributed by atoms with van der Waals surface area (Å²) in [5.74, 6) is 0.212. The van der Waals surface area contributed by atoms with Crippen LogP contribution in [0.1, 0.15) is 26.7 Å². The van der Waals surface area contributed by atoms with E-state index < -0.39 is 0 Å². The van der Waals surface area contributed by atoms with Crippen LogP contribution in [-0.2, 0) is 9.53 Å². The molecule has 4 heteroatoms. The molecule has 2 saturated heterocycles. The molecule has 0 aromatic carbocycles. The highest BCUT2D eigenvalue weighted by atomic mass is 16.5. The SMILES string of the molecule is CC1CCC(CN2CCNC(C)C2=O)O1. The second-order valence-corrected chi connectivity index (χ2v) is 4.61. The summed E-state index contributed by atoms with van der Waals surface area (Å²) in [5, 5.41) is 3.16. The van der Waals surface area contributed by atoms with E-state index >= 15 is 0 Å². The first kappa shape index (κ1) is 10.9. The first-order chi connectivity index (χ1) is 7.16.